The van der Waals surface area contributed by atoms with Crippen molar-refractivity contribution in [2.45, 2.75) is 0 Å². The van der Waals surface area contributed by atoms with Crippen molar-refractivity contribution < 1.29 is 9.35 Å². The molecule has 0 fully saturated rings. The van der Waals surface area contributed by atoms with Gasteiger partial charge in [0.05, 0.1) is 0 Å². The summed E-state index contributed by atoms with van der Waals surface area (Å²) in [6.45, 7) is 0. The van der Waals surface area contributed by atoms with E-state index in [1.54, 1.807) is 12.2 Å². The molecule has 2 heterocycles. The van der Waals surface area contributed by atoms with E-state index >= 15 is 0 Å². The number of hydrogen-bond donors (Lipinski definition) is 6. The second kappa shape index (κ2) is 3.42. The van der Waals surface area contributed by atoms with Crippen molar-refractivity contribution >= 4 is 24.0 Å². The predicted octanol–water partition coefficient (Wildman–Crippen LogP) is -3.53. The average molecular weight is 224 g/mol. The van der Waals surface area contributed by atoms with Crippen LogP contribution in [0.3, 0.4) is 0 Å². The number of anilines is 2. The summed E-state index contributed by atoms with van der Waals surface area (Å²) in [6.07, 6.45) is 3.25. The van der Waals surface area contributed by atoms with Crippen molar-refractivity contribution in [1.82, 2.24) is 20.4 Å². The zero-order valence-corrected chi connectivity index (χ0v) is 8.25. The van der Waals surface area contributed by atoms with Gasteiger partial charge in [-0.05, 0) is 0 Å². The Morgan fingerprint density at radius 3 is 1.50 bits per heavy atom. The third kappa shape index (κ3) is 1.47. The van der Waals surface area contributed by atoms with Crippen molar-refractivity contribution in [3.63, 3.8) is 0 Å². The van der Waals surface area contributed by atoms with Gasteiger partial charge in [0.15, 0.2) is 0 Å². The molecule has 0 saturated heterocycles. The maximum absolute atomic E-state index is 5.57. The first-order chi connectivity index (χ1) is 7.59. The highest BCUT2D eigenvalue weighted by Gasteiger charge is 2.12. The number of nitrogens with zero attached hydrogens (tertiary/aromatic N) is 4. The van der Waals surface area contributed by atoms with E-state index in [1.165, 1.54) is 9.35 Å². The van der Waals surface area contributed by atoms with Gasteiger partial charge in [0.25, 0.3) is 0 Å². The van der Waals surface area contributed by atoms with Crippen LogP contribution in [0, 0.1) is 0 Å². The van der Waals surface area contributed by atoms with Gasteiger partial charge >= 0.3 is 11.9 Å². The van der Waals surface area contributed by atoms with Crippen molar-refractivity contribution in [2.24, 2.45) is 0 Å². The third-order valence-electron chi connectivity index (χ3n) is 1.98. The number of nitrogens with two attached hydrogens (primary N) is 4. The quantitative estimate of drug-likeness (QED) is 0.228. The Morgan fingerprint density at radius 1 is 0.875 bits per heavy atom. The van der Waals surface area contributed by atoms with E-state index in [2.05, 4.69) is 20.4 Å². The van der Waals surface area contributed by atoms with Crippen LogP contribution in [0.5, 0.6) is 0 Å². The van der Waals surface area contributed by atoms with E-state index in [0.717, 1.165) is 0 Å². The topological polar surface area (TPSA) is 169 Å². The van der Waals surface area contributed by atoms with Gasteiger partial charge in [-0.1, -0.05) is 0 Å². The molecule has 0 aliphatic heterocycles. The Hall–Kier alpha value is -2.78. The molecule has 0 bridgehead atoms. The van der Waals surface area contributed by atoms with E-state index in [1.807, 2.05) is 0 Å². The molecule has 0 aliphatic carbocycles. The highest BCUT2D eigenvalue weighted by Crippen LogP contribution is 1.97. The number of rotatable bonds is 2. The van der Waals surface area contributed by atoms with Gasteiger partial charge in [0.2, 0.25) is 11.6 Å². The van der Waals surface area contributed by atoms with Gasteiger partial charge in [0.1, 0.15) is 0 Å². The number of nitrogens with one attached hydrogen (secondary N) is 2. The van der Waals surface area contributed by atoms with Crippen molar-refractivity contribution in [3.05, 3.63) is 11.6 Å². The molecule has 16 heavy (non-hydrogen) atoms. The summed E-state index contributed by atoms with van der Waals surface area (Å²) < 4.78 is 2.38. The summed E-state index contributed by atoms with van der Waals surface area (Å²) in [6, 6.07) is 0. The number of aromatic nitrogens is 6. The molecule has 0 saturated carbocycles. The van der Waals surface area contributed by atoms with Gasteiger partial charge in [-0.2, -0.15) is 10.2 Å². The molecular weight excluding hydrogens is 212 g/mol. The molecule has 0 amide bonds. The monoisotopic (exact) mass is 224 g/mol. The minimum atomic E-state index is 0.171. The smallest absolute Gasteiger partial charge is 0.304 e. The molecule has 2 rings (SSSR count). The lowest BCUT2D eigenvalue weighted by molar-refractivity contribution is -0.627. The van der Waals surface area contributed by atoms with Gasteiger partial charge in [-0.3, -0.25) is 11.7 Å². The number of aromatic amines is 2. The number of nitrogen functional groups attached to an aromatic ring is 4. The van der Waals surface area contributed by atoms with E-state index in [-0.39, 0.29) is 11.9 Å². The van der Waals surface area contributed by atoms with Crippen LogP contribution >= 0.6 is 0 Å². The maximum atomic E-state index is 5.57. The number of hydrogen-bond acceptors (Lipinski definition) is 6. The molecule has 2 aromatic rings. The van der Waals surface area contributed by atoms with Crippen LogP contribution in [0.25, 0.3) is 12.2 Å². The first kappa shape index (κ1) is 9.76. The van der Waals surface area contributed by atoms with Gasteiger partial charge < -0.3 is 11.5 Å². The first-order valence-electron chi connectivity index (χ1n) is 4.29. The largest absolute Gasteiger partial charge is 0.396 e. The highest BCUT2D eigenvalue weighted by atomic mass is 15.5. The second-order valence-corrected chi connectivity index (χ2v) is 3.01. The zero-order chi connectivity index (χ0) is 11.7. The molecule has 0 aliphatic rings. The van der Waals surface area contributed by atoms with Crippen LogP contribution in [0.15, 0.2) is 0 Å². The lowest BCUT2D eigenvalue weighted by Crippen LogP contribution is -2.48. The summed E-state index contributed by atoms with van der Waals surface area (Å²) >= 11 is 0. The lowest BCUT2D eigenvalue weighted by atomic mass is 10.4. The molecule has 0 unspecified atom stereocenters. The fraction of sp³-hybridized carbons (Fsp3) is 0. The van der Waals surface area contributed by atoms with Crippen molar-refractivity contribution in [3.8, 4) is 0 Å². The summed E-state index contributed by atoms with van der Waals surface area (Å²) in [5, 5.41) is 12.7. The van der Waals surface area contributed by atoms with Crippen LogP contribution < -0.4 is 32.5 Å². The third-order valence-corrected chi connectivity index (χ3v) is 1.98. The van der Waals surface area contributed by atoms with Crippen LogP contribution in [-0.4, -0.2) is 20.4 Å². The summed E-state index contributed by atoms with van der Waals surface area (Å²) in [7, 11) is 0. The van der Waals surface area contributed by atoms with Crippen LogP contribution in [0.4, 0.5) is 11.9 Å². The minimum Gasteiger partial charge on any atom is -0.304 e. The molecule has 0 spiro atoms. The van der Waals surface area contributed by atoms with Gasteiger partial charge in [-0.25, -0.2) is 0 Å². The standard InChI is InChI=1S/C6H10N10/c7-5-13-11-3(15(5)9)1-2-4-12-14-6(8)16(4)10/h1-2H,9-10H2,(H4,7,8,11,12,13,14)/p+2. The second-order valence-electron chi connectivity index (χ2n) is 3.01. The normalized spacial score (nSPS) is 11.2. The molecule has 0 aromatic carbocycles. The van der Waals surface area contributed by atoms with Crippen LogP contribution in [0.2, 0.25) is 0 Å². The van der Waals surface area contributed by atoms with E-state index < -0.39 is 0 Å². The van der Waals surface area contributed by atoms with Crippen molar-refractivity contribution in [2.75, 3.05) is 23.2 Å². The Bertz CT molecular complexity index is 485. The molecule has 0 atom stereocenters. The predicted molar refractivity (Wildman–Crippen MR) is 55.6 cm³/mol. The fourth-order valence-corrected chi connectivity index (χ4v) is 1.08. The van der Waals surface area contributed by atoms with Gasteiger partial charge in [0, 0.05) is 22.3 Å². The Labute approximate surface area is 89.5 Å². The highest BCUT2D eigenvalue weighted by molar-refractivity contribution is 5.60. The SMILES string of the molecule is Nc1n[nH]c(/C=C/c2[nH]nc(N)[n+]2N)[n+]1N. The van der Waals surface area contributed by atoms with Crippen molar-refractivity contribution in [1.29, 1.82) is 0 Å². The lowest BCUT2D eigenvalue weighted by Gasteiger charge is -1.89. The zero-order valence-electron chi connectivity index (χ0n) is 8.25. The summed E-state index contributed by atoms with van der Waals surface area (Å²) in [5.74, 6) is 12.5. The first-order valence-corrected chi connectivity index (χ1v) is 4.29. The molecular formula is C6H12N10+2. The fourth-order valence-electron chi connectivity index (χ4n) is 1.08. The average Bonchev–Trinajstić information content (AvgIpc) is 2.74. The summed E-state index contributed by atoms with van der Waals surface area (Å²) in [4.78, 5) is 0. The minimum absolute atomic E-state index is 0.171. The Kier molecular flexibility index (Phi) is 2.08. The maximum Gasteiger partial charge on any atom is 0.396 e. The molecule has 84 valence electrons. The van der Waals surface area contributed by atoms with Gasteiger partial charge in [-0.15, -0.1) is 9.35 Å². The molecule has 0 radical (unpaired) electrons. The van der Waals surface area contributed by atoms with E-state index in [9.17, 15) is 0 Å². The van der Waals surface area contributed by atoms with Crippen LogP contribution in [0.1, 0.15) is 11.6 Å². The molecule has 10 heteroatoms. The summed E-state index contributed by atoms with van der Waals surface area (Å²) in [5.41, 5.74) is 10.9. The van der Waals surface area contributed by atoms with E-state index in [0.29, 0.717) is 11.6 Å². The molecule has 10 N–H and O–H groups in total. The Balaban J connectivity index is 2.28. The Morgan fingerprint density at radius 2 is 1.25 bits per heavy atom. The van der Waals surface area contributed by atoms with E-state index in [4.69, 9.17) is 23.2 Å². The van der Waals surface area contributed by atoms with Crippen LogP contribution in [-0.2, 0) is 0 Å². The molecule has 2 aromatic heterocycles. The number of H-pyrrole nitrogens is 2. The molecule has 10 nitrogen and oxygen atoms in total.